The monoisotopic (exact) mass is 384 g/mol. The van der Waals surface area contributed by atoms with Crippen LogP contribution in [0.15, 0.2) is 76.4 Å². The van der Waals surface area contributed by atoms with Crippen molar-refractivity contribution in [1.29, 1.82) is 0 Å². The third-order valence-corrected chi connectivity index (χ3v) is 6.10. The molecule has 0 aliphatic carbocycles. The van der Waals surface area contributed by atoms with Crippen LogP contribution in [0.5, 0.6) is 0 Å². The average Bonchev–Trinajstić information content (AvgIpc) is 3.29. The Morgan fingerprint density at radius 2 is 1.93 bits per heavy atom. The second-order valence-corrected chi connectivity index (χ2v) is 7.92. The fraction of sp³-hybridized carbons (Fsp3) is 0.100. The average molecular weight is 384 g/mol. The molecule has 5 nitrogen and oxygen atoms in total. The van der Waals surface area contributed by atoms with Crippen LogP contribution < -0.4 is 5.32 Å². The molecule has 0 aliphatic rings. The highest BCUT2D eigenvalue weighted by Gasteiger charge is 2.25. The molecule has 0 amide bonds. The van der Waals surface area contributed by atoms with Crippen LogP contribution in [0.3, 0.4) is 0 Å². The normalized spacial score (nSPS) is 11.9. The highest BCUT2D eigenvalue weighted by atomic mass is 32.2. The van der Waals surface area contributed by atoms with Crippen molar-refractivity contribution >= 4 is 21.0 Å². The molecule has 0 saturated carbocycles. The van der Waals surface area contributed by atoms with Gasteiger partial charge in [-0.2, -0.15) is 0 Å². The maximum atomic E-state index is 14.4. The summed E-state index contributed by atoms with van der Waals surface area (Å²) in [7, 11) is -2.20. The van der Waals surface area contributed by atoms with Gasteiger partial charge in [0.1, 0.15) is 11.4 Å². The van der Waals surface area contributed by atoms with Crippen LogP contribution in [0, 0.1) is 5.82 Å². The summed E-state index contributed by atoms with van der Waals surface area (Å²) in [5.74, 6) is -0.482. The van der Waals surface area contributed by atoms with Crippen molar-refractivity contribution in [3.05, 3.63) is 78.4 Å². The number of nitrogens with one attached hydrogen (secondary N) is 1. The molecule has 4 rings (SSSR count). The molecule has 0 fully saturated rings. The van der Waals surface area contributed by atoms with Gasteiger partial charge in [0, 0.05) is 23.7 Å². The summed E-state index contributed by atoms with van der Waals surface area (Å²) in [5, 5.41) is 3.48. The zero-order valence-corrected chi connectivity index (χ0v) is 15.3. The van der Waals surface area contributed by atoms with Crippen molar-refractivity contribution in [2.24, 2.45) is 0 Å². The van der Waals surface area contributed by atoms with Crippen LogP contribution in [0.25, 0.3) is 22.2 Å². The summed E-state index contributed by atoms with van der Waals surface area (Å²) < 4.78 is 47.8. The third-order valence-electron chi connectivity index (χ3n) is 4.37. The van der Waals surface area contributed by atoms with E-state index >= 15 is 0 Å². The molecule has 7 heteroatoms. The molecule has 0 saturated heterocycles. The van der Waals surface area contributed by atoms with E-state index in [2.05, 4.69) is 5.32 Å². The lowest BCUT2D eigenvalue weighted by molar-refractivity contribution is 0.587. The topological polar surface area (TPSA) is 64.2 Å². The van der Waals surface area contributed by atoms with Crippen molar-refractivity contribution in [3.63, 3.8) is 0 Å². The number of fused-ring (bicyclic) bond motifs is 1. The van der Waals surface area contributed by atoms with E-state index in [9.17, 15) is 12.8 Å². The van der Waals surface area contributed by atoms with E-state index in [0.717, 1.165) is 9.54 Å². The Bertz CT molecular complexity index is 1220. The highest BCUT2D eigenvalue weighted by molar-refractivity contribution is 7.90. The van der Waals surface area contributed by atoms with Crippen molar-refractivity contribution in [2.45, 2.75) is 11.4 Å². The van der Waals surface area contributed by atoms with Crippen molar-refractivity contribution in [1.82, 2.24) is 9.29 Å². The lowest BCUT2D eigenvalue weighted by Crippen LogP contribution is -2.14. The first kappa shape index (κ1) is 17.5. The largest absolute Gasteiger partial charge is 0.464 e. The Labute approximate surface area is 156 Å². The second kappa shape index (κ2) is 6.68. The van der Waals surface area contributed by atoms with E-state index in [0.29, 0.717) is 17.5 Å². The third kappa shape index (κ3) is 2.94. The van der Waals surface area contributed by atoms with Gasteiger partial charge in [0.05, 0.1) is 16.9 Å². The van der Waals surface area contributed by atoms with Crippen molar-refractivity contribution < 1.29 is 17.2 Å². The fourth-order valence-corrected chi connectivity index (χ4v) is 4.75. The Hall–Kier alpha value is -2.90. The molecule has 2 aromatic heterocycles. The van der Waals surface area contributed by atoms with Crippen LogP contribution in [-0.2, 0) is 16.6 Å². The van der Waals surface area contributed by atoms with Gasteiger partial charge in [0.25, 0.3) is 10.0 Å². The van der Waals surface area contributed by atoms with Gasteiger partial charge in [-0.1, -0.05) is 18.2 Å². The Balaban J connectivity index is 1.98. The van der Waals surface area contributed by atoms with Crippen LogP contribution in [0.4, 0.5) is 4.39 Å². The number of hydrogen-bond acceptors (Lipinski definition) is 4. The number of halogens is 1. The van der Waals surface area contributed by atoms with Crippen LogP contribution >= 0.6 is 0 Å². The number of aromatic nitrogens is 1. The first-order valence-corrected chi connectivity index (χ1v) is 9.79. The molecular formula is C20H17FN2O3S. The number of hydrogen-bond donors (Lipinski definition) is 1. The fourth-order valence-electron chi connectivity index (χ4n) is 3.16. The summed E-state index contributed by atoms with van der Waals surface area (Å²) in [5.41, 5.74) is 1.71. The smallest absolute Gasteiger partial charge is 0.268 e. The molecule has 2 aromatic carbocycles. The molecule has 138 valence electrons. The van der Waals surface area contributed by atoms with Crippen LogP contribution in [0.2, 0.25) is 0 Å². The van der Waals surface area contributed by atoms with Gasteiger partial charge < -0.3 is 9.73 Å². The molecule has 1 N–H and O–H groups in total. The summed E-state index contributed by atoms with van der Waals surface area (Å²) in [6.45, 7) is 0.458. The molecule has 27 heavy (non-hydrogen) atoms. The van der Waals surface area contributed by atoms with E-state index in [-0.39, 0.29) is 16.2 Å². The molecule has 0 atom stereocenters. The van der Waals surface area contributed by atoms with Gasteiger partial charge in [0.15, 0.2) is 0 Å². The molecular weight excluding hydrogens is 367 g/mol. The predicted octanol–water partition coefficient (Wildman–Crippen LogP) is 4.00. The minimum absolute atomic E-state index is 0.109. The summed E-state index contributed by atoms with van der Waals surface area (Å²) in [6.07, 6.45) is 2.97. The number of nitrogens with zero attached hydrogens (tertiary/aromatic N) is 1. The SMILES string of the molecule is CNCc1cc(-c2ccccc2F)n(S(=O)(=O)c2cccc3occc23)c1. The number of furan rings is 1. The molecule has 0 aliphatic heterocycles. The molecule has 0 spiro atoms. The molecule has 4 aromatic rings. The van der Waals surface area contributed by atoms with Gasteiger partial charge in [-0.15, -0.1) is 0 Å². The van der Waals surface area contributed by atoms with Gasteiger partial charge in [-0.25, -0.2) is 16.8 Å². The predicted molar refractivity (Wildman–Crippen MR) is 101 cm³/mol. The van der Waals surface area contributed by atoms with Crippen LogP contribution in [0.1, 0.15) is 5.56 Å². The first-order chi connectivity index (χ1) is 13.0. The molecule has 0 unspecified atom stereocenters. The Kier molecular flexibility index (Phi) is 4.33. The second-order valence-electron chi connectivity index (χ2n) is 6.13. The zero-order chi connectivity index (χ0) is 19.0. The van der Waals surface area contributed by atoms with E-state index in [1.807, 2.05) is 0 Å². The maximum absolute atomic E-state index is 14.4. The minimum Gasteiger partial charge on any atom is -0.464 e. The minimum atomic E-state index is -3.97. The van der Waals surface area contributed by atoms with E-state index in [4.69, 9.17) is 4.42 Å². The Morgan fingerprint density at radius 3 is 2.70 bits per heavy atom. The zero-order valence-electron chi connectivity index (χ0n) is 14.5. The van der Waals surface area contributed by atoms with E-state index in [1.165, 1.54) is 24.6 Å². The first-order valence-electron chi connectivity index (χ1n) is 8.35. The van der Waals surface area contributed by atoms with Crippen molar-refractivity contribution in [2.75, 3.05) is 7.05 Å². The lowest BCUT2D eigenvalue weighted by Gasteiger charge is -2.12. The molecule has 0 bridgehead atoms. The quantitative estimate of drug-likeness (QED) is 0.565. The summed E-state index contributed by atoms with van der Waals surface area (Å²) >= 11 is 0. The van der Waals surface area contributed by atoms with Crippen LogP contribution in [-0.4, -0.2) is 19.4 Å². The summed E-state index contributed by atoms with van der Waals surface area (Å²) in [6, 6.07) is 14.3. The van der Waals surface area contributed by atoms with Gasteiger partial charge >= 0.3 is 0 Å². The number of rotatable bonds is 5. The maximum Gasteiger partial charge on any atom is 0.268 e. The molecule has 0 radical (unpaired) electrons. The molecule has 2 heterocycles. The highest BCUT2D eigenvalue weighted by Crippen LogP contribution is 2.32. The van der Waals surface area contributed by atoms with Gasteiger partial charge in [-0.05, 0) is 49.0 Å². The van der Waals surface area contributed by atoms with E-state index in [1.54, 1.807) is 49.5 Å². The Morgan fingerprint density at radius 1 is 1.11 bits per heavy atom. The van der Waals surface area contributed by atoms with E-state index < -0.39 is 15.8 Å². The van der Waals surface area contributed by atoms with Gasteiger partial charge in [0.2, 0.25) is 0 Å². The summed E-state index contributed by atoms with van der Waals surface area (Å²) in [4.78, 5) is 0.109. The standard InChI is InChI=1S/C20H17FN2O3S/c1-22-12-14-11-18(15-5-2-3-6-17(15)21)23(13-14)27(24,25)20-8-4-7-19-16(20)9-10-26-19/h2-11,13,22H,12H2,1H3. The number of benzene rings is 2. The van der Waals surface area contributed by atoms with Crippen molar-refractivity contribution in [3.8, 4) is 11.3 Å². The van der Waals surface area contributed by atoms with Gasteiger partial charge in [-0.3, -0.25) is 0 Å². The lowest BCUT2D eigenvalue weighted by atomic mass is 10.1.